The summed E-state index contributed by atoms with van der Waals surface area (Å²) in [4.78, 5) is 21.9. The van der Waals surface area contributed by atoms with E-state index in [-0.39, 0.29) is 0 Å². The van der Waals surface area contributed by atoms with Crippen molar-refractivity contribution in [3.63, 3.8) is 0 Å². The van der Waals surface area contributed by atoms with E-state index < -0.39 is 12.0 Å². The molecule has 21 heavy (non-hydrogen) atoms. The Kier molecular flexibility index (Phi) is 5.08. The van der Waals surface area contributed by atoms with Gasteiger partial charge in [-0.1, -0.05) is 0 Å². The number of aliphatic carboxylic acids is 1. The molecule has 7 heteroatoms. The fourth-order valence-electron chi connectivity index (χ4n) is 2.21. The van der Waals surface area contributed by atoms with E-state index in [0.29, 0.717) is 18.8 Å². The smallest absolute Gasteiger partial charge is 0.326 e. The Bertz CT molecular complexity index is 641. The van der Waals surface area contributed by atoms with Crippen molar-refractivity contribution in [3.05, 3.63) is 16.8 Å². The molecule has 2 aromatic heterocycles. The second-order valence-corrected chi connectivity index (χ2v) is 6.21. The van der Waals surface area contributed by atoms with Gasteiger partial charge < -0.3 is 16.2 Å². The van der Waals surface area contributed by atoms with E-state index in [1.54, 1.807) is 11.3 Å². The number of fused-ring (bicyclic) bond motifs is 1. The molecule has 0 spiro atoms. The minimum absolute atomic E-state index is 0.528. The highest BCUT2D eigenvalue weighted by Gasteiger charge is 2.20. The van der Waals surface area contributed by atoms with Crippen LogP contribution in [0.1, 0.15) is 29.7 Å². The van der Waals surface area contributed by atoms with Crippen molar-refractivity contribution in [1.82, 2.24) is 9.97 Å². The highest BCUT2D eigenvalue weighted by Crippen LogP contribution is 2.32. The lowest BCUT2D eigenvalue weighted by molar-refractivity contribution is -0.138. The standard InChI is InChI=1S/C14H20N4O2S/c1-8-9(2)21-13-11(8)12(16-7-17-13)18-10(14(19)20)5-3-4-6-15/h7,10H,3-6,15H2,1-2H3,(H,19,20)(H,16,17,18)/t10-/m0/s1. The van der Waals surface area contributed by atoms with Crippen LogP contribution in [-0.4, -0.2) is 33.6 Å². The number of carboxylic acids is 1. The lowest BCUT2D eigenvalue weighted by Crippen LogP contribution is -2.29. The number of carboxylic acid groups (broad SMARTS) is 1. The van der Waals surface area contributed by atoms with Crippen LogP contribution in [0.3, 0.4) is 0 Å². The zero-order chi connectivity index (χ0) is 15.4. The molecule has 0 bridgehead atoms. The first-order valence-electron chi connectivity index (χ1n) is 6.94. The SMILES string of the molecule is Cc1sc2ncnc(N[C@@H](CCCCN)C(=O)O)c2c1C. The van der Waals surface area contributed by atoms with Crippen molar-refractivity contribution >= 4 is 33.3 Å². The molecule has 2 rings (SSSR count). The van der Waals surface area contributed by atoms with E-state index in [0.717, 1.165) is 28.6 Å². The van der Waals surface area contributed by atoms with Gasteiger partial charge in [0.25, 0.3) is 0 Å². The predicted octanol–water partition coefficient (Wildman–Crippen LogP) is 2.30. The zero-order valence-electron chi connectivity index (χ0n) is 12.2. The number of thiophene rings is 1. The molecule has 0 aliphatic rings. The van der Waals surface area contributed by atoms with Crippen molar-refractivity contribution in [3.8, 4) is 0 Å². The van der Waals surface area contributed by atoms with Crippen LogP contribution in [0.5, 0.6) is 0 Å². The van der Waals surface area contributed by atoms with Crippen LogP contribution in [0.2, 0.25) is 0 Å². The second-order valence-electron chi connectivity index (χ2n) is 5.01. The number of rotatable bonds is 7. The molecule has 0 amide bonds. The first-order chi connectivity index (χ1) is 10.0. The number of nitrogens with one attached hydrogen (secondary N) is 1. The minimum atomic E-state index is -0.872. The number of anilines is 1. The molecular weight excluding hydrogens is 288 g/mol. The lowest BCUT2D eigenvalue weighted by atomic mass is 10.1. The summed E-state index contributed by atoms with van der Waals surface area (Å²) in [6.07, 6.45) is 3.59. The van der Waals surface area contributed by atoms with Crippen LogP contribution in [0, 0.1) is 13.8 Å². The normalized spacial score (nSPS) is 12.5. The molecule has 0 saturated heterocycles. The molecule has 0 aromatic carbocycles. The van der Waals surface area contributed by atoms with Gasteiger partial charge in [0.05, 0.1) is 5.39 Å². The molecule has 6 nitrogen and oxygen atoms in total. The van der Waals surface area contributed by atoms with E-state index in [1.165, 1.54) is 11.2 Å². The van der Waals surface area contributed by atoms with Crippen LogP contribution in [0.4, 0.5) is 5.82 Å². The third-order valence-electron chi connectivity index (χ3n) is 3.52. The molecule has 2 aromatic rings. The predicted molar refractivity (Wildman–Crippen MR) is 84.8 cm³/mol. The van der Waals surface area contributed by atoms with Crippen molar-refractivity contribution < 1.29 is 9.90 Å². The highest BCUT2D eigenvalue weighted by atomic mass is 32.1. The van der Waals surface area contributed by atoms with Crippen LogP contribution in [0.15, 0.2) is 6.33 Å². The number of hydrogen-bond donors (Lipinski definition) is 3. The summed E-state index contributed by atoms with van der Waals surface area (Å²) >= 11 is 1.59. The number of aromatic nitrogens is 2. The Balaban J connectivity index is 2.26. The zero-order valence-corrected chi connectivity index (χ0v) is 13.0. The van der Waals surface area contributed by atoms with Crippen molar-refractivity contribution in [2.24, 2.45) is 5.73 Å². The first kappa shape index (κ1) is 15.7. The summed E-state index contributed by atoms with van der Waals surface area (Å²) in [6.45, 7) is 4.61. The number of aryl methyl sites for hydroxylation is 2. The van der Waals surface area contributed by atoms with Crippen LogP contribution in [-0.2, 0) is 4.79 Å². The third-order valence-corrected chi connectivity index (χ3v) is 4.64. The Morgan fingerprint density at radius 2 is 2.19 bits per heavy atom. The van der Waals surface area contributed by atoms with Gasteiger partial charge in [-0.15, -0.1) is 11.3 Å². The van der Waals surface area contributed by atoms with Gasteiger partial charge in [-0.3, -0.25) is 0 Å². The molecule has 0 saturated carbocycles. The fourth-order valence-corrected chi connectivity index (χ4v) is 3.20. The Hall–Kier alpha value is -1.73. The average Bonchev–Trinajstić information content (AvgIpc) is 2.74. The summed E-state index contributed by atoms with van der Waals surface area (Å²) < 4.78 is 0. The second kappa shape index (κ2) is 6.82. The molecule has 0 aliphatic heterocycles. The van der Waals surface area contributed by atoms with E-state index in [9.17, 15) is 9.90 Å². The highest BCUT2D eigenvalue weighted by molar-refractivity contribution is 7.18. The monoisotopic (exact) mass is 308 g/mol. The van der Waals surface area contributed by atoms with E-state index >= 15 is 0 Å². The first-order valence-corrected chi connectivity index (χ1v) is 7.76. The average molecular weight is 308 g/mol. The van der Waals surface area contributed by atoms with Crippen molar-refractivity contribution in [2.45, 2.75) is 39.2 Å². The molecule has 0 radical (unpaired) electrons. The molecular formula is C14H20N4O2S. The molecule has 0 fully saturated rings. The lowest BCUT2D eigenvalue weighted by Gasteiger charge is -2.15. The largest absolute Gasteiger partial charge is 0.480 e. The Morgan fingerprint density at radius 1 is 1.43 bits per heavy atom. The maximum Gasteiger partial charge on any atom is 0.326 e. The number of carbonyl (C=O) groups is 1. The fraction of sp³-hybridized carbons (Fsp3) is 0.500. The van der Waals surface area contributed by atoms with E-state index in [4.69, 9.17) is 5.73 Å². The number of nitrogens with two attached hydrogens (primary N) is 1. The van der Waals surface area contributed by atoms with E-state index in [2.05, 4.69) is 15.3 Å². The van der Waals surface area contributed by atoms with Crippen molar-refractivity contribution in [1.29, 1.82) is 0 Å². The summed E-state index contributed by atoms with van der Waals surface area (Å²) in [5.41, 5.74) is 6.55. The van der Waals surface area contributed by atoms with Crippen LogP contribution < -0.4 is 11.1 Å². The van der Waals surface area contributed by atoms with Gasteiger partial charge in [0, 0.05) is 4.88 Å². The van der Waals surface area contributed by atoms with Crippen molar-refractivity contribution in [2.75, 3.05) is 11.9 Å². The number of hydrogen-bond acceptors (Lipinski definition) is 6. The molecule has 1 atom stereocenters. The summed E-state index contributed by atoms with van der Waals surface area (Å²) in [5, 5.41) is 13.3. The van der Waals surface area contributed by atoms with Gasteiger partial charge >= 0.3 is 5.97 Å². The van der Waals surface area contributed by atoms with Gasteiger partial charge in [-0.05, 0) is 45.2 Å². The molecule has 0 unspecified atom stereocenters. The Labute approximate surface area is 127 Å². The van der Waals surface area contributed by atoms with Gasteiger partial charge in [0.15, 0.2) is 0 Å². The maximum absolute atomic E-state index is 11.4. The number of unbranched alkanes of at least 4 members (excludes halogenated alkanes) is 1. The quantitative estimate of drug-likeness (QED) is 0.678. The van der Waals surface area contributed by atoms with E-state index in [1.807, 2.05) is 13.8 Å². The van der Waals surface area contributed by atoms with Gasteiger partial charge in [-0.2, -0.15) is 0 Å². The summed E-state index contributed by atoms with van der Waals surface area (Å²) in [5.74, 6) is -0.273. The van der Waals surface area contributed by atoms with Crippen LogP contribution in [0.25, 0.3) is 10.2 Å². The molecule has 0 aliphatic carbocycles. The van der Waals surface area contributed by atoms with Gasteiger partial charge in [-0.25, -0.2) is 14.8 Å². The van der Waals surface area contributed by atoms with Gasteiger partial charge in [0.2, 0.25) is 0 Å². The number of nitrogens with zero attached hydrogens (tertiary/aromatic N) is 2. The Morgan fingerprint density at radius 3 is 2.86 bits per heavy atom. The minimum Gasteiger partial charge on any atom is -0.480 e. The summed E-state index contributed by atoms with van der Waals surface area (Å²) in [7, 11) is 0. The maximum atomic E-state index is 11.4. The molecule has 2 heterocycles. The molecule has 4 N–H and O–H groups in total. The third kappa shape index (κ3) is 3.48. The van der Waals surface area contributed by atoms with Crippen LogP contribution >= 0.6 is 11.3 Å². The topological polar surface area (TPSA) is 101 Å². The molecule has 114 valence electrons. The summed E-state index contributed by atoms with van der Waals surface area (Å²) in [6, 6.07) is -0.658. The van der Waals surface area contributed by atoms with Gasteiger partial charge in [0.1, 0.15) is 23.0 Å².